The molecule has 0 bridgehead atoms. The van der Waals surface area contributed by atoms with E-state index in [1.54, 1.807) is 0 Å². The van der Waals surface area contributed by atoms with Crippen LogP contribution in [0.4, 0.5) is 0 Å². The molecule has 1 rings (SSSR count). The molecule has 0 aromatic heterocycles. The van der Waals surface area contributed by atoms with E-state index in [-0.39, 0.29) is 30.4 Å². The lowest BCUT2D eigenvalue weighted by molar-refractivity contribution is -0.152. The third kappa shape index (κ3) is 4.21. The third-order valence-electron chi connectivity index (χ3n) is 3.05. The molecule has 1 aliphatic carbocycles. The smallest absolute Gasteiger partial charge is 0.309 e. The highest BCUT2D eigenvalue weighted by molar-refractivity contribution is 5.81. The zero-order valence-corrected chi connectivity index (χ0v) is 10.1. The molecule has 0 aliphatic heterocycles. The molecule has 1 fully saturated rings. The highest BCUT2D eigenvalue weighted by atomic mass is 16.5. The number of ether oxygens (including phenoxy) is 1. The summed E-state index contributed by atoms with van der Waals surface area (Å²) in [5, 5.41) is 2.76. The zero-order chi connectivity index (χ0) is 12.0. The van der Waals surface area contributed by atoms with Crippen molar-refractivity contribution in [3.05, 3.63) is 0 Å². The summed E-state index contributed by atoms with van der Waals surface area (Å²) in [6.45, 7) is 3.78. The number of carbonyl (C=O) groups is 2. The van der Waals surface area contributed by atoms with Gasteiger partial charge in [0.1, 0.15) is 0 Å². The van der Waals surface area contributed by atoms with Crippen LogP contribution in [0.15, 0.2) is 0 Å². The van der Waals surface area contributed by atoms with E-state index in [1.807, 2.05) is 13.8 Å². The second kappa shape index (κ2) is 6.51. The van der Waals surface area contributed by atoms with Crippen LogP contribution in [0, 0.1) is 5.92 Å². The van der Waals surface area contributed by atoms with Crippen LogP contribution in [0.2, 0.25) is 0 Å². The number of nitrogens with one attached hydrogen (secondary N) is 1. The van der Waals surface area contributed by atoms with Crippen molar-refractivity contribution < 1.29 is 14.3 Å². The van der Waals surface area contributed by atoms with Gasteiger partial charge in [-0.15, -0.1) is 0 Å². The summed E-state index contributed by atoms with van der Waals surface area (Å²) >= 11 is 0. The Bertz CT molecular complexity index is 247. The van der Waals surface area contributed by atoms with Gasteiger partial charge in [-0.05, 0) is 26.2 Å². The normalized spacial score (nSPS) is 18.1. The van der Waals surface area contributed by atoms with Gasteiger partial charge in [0.05, 0.1) is 5.92 Å². The first-order valence-electron chi connectivity index (χ1n) is 6.09. The predicted molar refractivity (Wildman–Crippen MR) is 60.8 cm³/mol. The molecule has 1 amide bonds. The van der Waals surface area contributed by atoms with Crippen molar-refractivity contribution in [1.29, 1.82) is 0 Å². The summed E-state index contributed by atoms with van der Waals surface area (Å²) in [5.41, 5.74) is 0. The Morgan fingerprint density at radius 2 is 2.00 bits per heavy atom. The van der Waals surface area contributed by atoms with Gasteiger partial charge in [-0.3, -0.25) is 9.59 Å². The van der Waals surface area contributed by atoms with E-state index in [2.05, 4.69) is 5.32 Å². The van der Waals surface area contributed by atoms with Crippen LogP contribution in [-0.4, -0.2) is 24.5 Å². The Morgan fingerprint density at radius 1 is 1.38 bits per heavy atom. The number of hydrogen-bond donors (Lipinski definition) is 1. The topological polar surface area (TPSA) is 55.4 Å². The molecule has 4 nitrogen and oxygen atoms in total. The number of carbonyl (C=O) groups excluding carboxylic acids is 2. The molecular weight excluding hydrogens is 206 g/mol. The first-order valence-corrected chi connectivity index (χ1v) is 6.09. The second-order valence-corrected chi connectivity index (χ2v) is 4.47. The fourth-order valence-corrected chi connectivity index (χ4v) is 1.83. The van der Waals surface area contributed by atoms with Crippen molar-refractivity contribution in [2.75, 3.05) is 6.61 Å². The Labute approximate surface area is 96.7 Å². The third-order valence-corrected chi connectivity index (χ3v) is 3.05. The van der Waals surface area contributed by atoms with Crippen LogP contribution >= 0.6 is 0 Å². The van der Waals surface area contributed by atoms with E-state index < -0.39 is 0 Å². The van der Waals surface area contributed by atoms with Gasteiger partial charge in [0, 0.05) is 6.04 Å². The molecule has 4 heteroatoms. The average Bonchev–Trinajstić information content (AvgIpc) is 2.79. The maximum absolute atomic E-state index is 11.5. The number of esters is 1. The Kier molecular flexibility index (Phi) is 5.29. The summed E-state index contributed by atoms with van der Waals surface area (Å²) in [7, 11) is 0. The Hall–Kier alpha value is -1.06. The minimum atomic E-state index is -0.211. The van der Waals surface area contributed by atoms with Crippen LogP contribution in [0.3, 0.4) is 0 Å². The van der Waals surface area contributed by atoms with Gasteiger partial charge < -0.3 is 10.1 Å². The first-order chi connectivity index (χ1) is 7.63. The van der Waals surface area contributed by atoms with Gasteiger partial charge in [-0.25, -0.2) is 0 Å². The van der Waals surface area contributed by atoms with Gasteiger partial charge in [0.15, 0.2) is 6.61 Å². The lowest BCUT2D eigenvalue weighted by Gasteiger charge is -2.12. The molecule has 1 atom stereocenters. The first kappa shape index (κ1) is 13.0. The van der Waals surface area contributed by atoms with Crippen LogP contribution in [0.1, 0.15) is 46.0 Å². The molecule has 16 heavy (non-hydrogen) atoms. The van der Waals surface area contributed by atoms with Gasteiger partial charge >= 0.3 is 5.97 Å². The Balaban J connectivity index is 2.18. The summed E-state index contributed by atoms with van der Waals surface area (Å²) in [6.07, 6.45) is 4.89. The average molecular weight is 227 g/mol. The molecule has 1 aliphatic rings. The summed E-state index contributed by atoms with van der Waals surface area (Å²) < 4.78 is 4.98. The van der Waals surface area contributed by atoms with Gasteiger partial charge in [0.25, 0.3) is 5.91 Å². The molecule has 0 radical (unpaired) electrons. The van der Waals surface area contributed by atoms with Gasteiger partial charge in [-0.1, -0.05) is 19.8 Å². The van der Waals surface area contributed by atoms with Crippen LogP contribution < -0.4 is 5.32 Å². The highest BCUT2D eigenvalue weighted by Crippen LogP contribution is 2.25. The molecule has 1 saturated carbocycles. The number of amides is 1. The maximum atomic E-state index is 11.5. The van der Waals surface area contributed by atoms with Crippen LogP contribution in [0.5, 0.6) is 0 Å². The van der Waals surface area contributed by atoms with Crippen molar-refractivity contribution in [2.24, 2.45) is 5.92 Å². The minimum absolute atomic E-state index is 0.0244. The minimum Gasteiger partial charge on any atom is -0.455 e. The van der Waals surface area contributed by atoms with Crippen molar-refractivity contribution >= 4 is 11.9 Å². The van der Waals surface area contributed by atoms with Crippen molar-refractivity contribution in [3.8, 4) is 0 Å². The highest BCUT2D eigenvalue weighted by Gasteiger charge is 2.24. The number of rotatable bonds is 5. The fraction of sp³-hybridized carbons (Fsp3) is 0.833. The quantitative estimate of drug-likeness (QED) is 0.726. The van der Waals surface area contributed by atoms with Crippen molar-refractivity contribution in [1.82, 2.24) is 5.32 Å². The van der Waals surface area contributed by atoms with E-state index >= 15 is 0 Å². The fourth-order valence-electron chi connectivity index (χ4n) is 1.83. The molecule has 0 aromatic carbocycles. The van der Waals surface area contributed by atoms with E-state index in [9.17, 15) is 9.59 Å². The molecule has 92 valence electrons. The SMILES string of the molecule is CC[C@H](C)NC(=O)COC(=O)C1CCCC1. The summed E-state index contributed by atoms with van der Waals surface area (Å²) in [4.78, 5) is 22.8. The van der Waals surface area contributed by atoms with Gasteiger partial charge in [0.2, 0.25) is 0 Å². The second-order valence-electron chi connectivity index (χ2n) is 4.47. The largest absolute Gasteiger partial charge is 0.455 e. The van der Waals surface area contributed by atoms with Crippen molar-refractivity contribution in [3.63, 3.8) is 0 Å². The predicted octanol–water partition coefficient (Wildman–Crippen LogP) is 1.63. The molecule has 0 unspecified atom stereocenters. The van der Waals surface area contributed by atoms with E-state index in [0.29, 0.717) is 0 Å². The standard InChI is InChI=1S/C12H21NO3/c1-3-9(2)13-11(14)8-16-12(15)10-6-4-5-7-10/h9-10H,3-8H2,1-2H3,(H,13,14)/t9-/m0/s1. The van der Waals surface area contributed by atoms with Crippen molar-refractivity contribution in [2.45, 2.75) is 52.0 Å². The molecule has 0 aromatic rings. The van der Waals surface area contributed by atoms with Gasteiger partial charge in [-0.2, -0.15) is 0 Å². The molecule has 0 spiro atoms. The number of hydrogen-bond acceptors (Lipinski definition) is 3. The van der Waals surface area contributed by atoms with Crippen LogP contribution in [0.25, 0.3) is 0 Å². The monoisotopic (exact) mass is 227 g/mol. The maximum Gasteiger partial charge on any atom is 0.309 e. The summed E-state index contributed by atoms with van der Waals surface area (Å²) in [6, 6.07) is 0.137. The Morgan fingerprint density at radius 3 is 2.56 bits per heavy atom. The van der Waals surface area contributed by atoms with E-state index in [1.165, 1.54) is 0 Å². The molecular formula is C12H21NO3. The summed E-state index contributed by atoms with van der Waals surface area (Å²) in [5.74, 6) is -0.395. The lowest BCUT2D eigenvalue weighted by atomic mass is 10.1. The molecule has 1 N–H and O–H groups in total. The zero-order valence-electron chi connectivity index (χ0n) is 10.1. The van der Waals surface area contributed by atoms with E-state index in [4.69, 9.17) is 4.74 Å². The lowest BCUT2D eigenvalue weighted by Crippen LogP contribution is -2.35. The molecule has 0 heterocycles. The van der Waals surface area contributed by atoms with E-state index in [0.717, 1.165) is 32.1 Å². The van der Waals surface area contributed by atoms with Crippen LogP contribution in [-0.2, 0) is 14.3 Å². The molecule has 0 saturated heterocycles.